The van der Waals surface area contributed by atoms with Gasteiger partial charge in [0.15, 0.2) is 11.6 Å². The number of nitrogen functional groups attached to an aromatic ring is 1. The van der Waals surface area contributed by atoms with Crippen LogP contribution in [0, 0.1) is 11.6 Å². The van der Waals surface area contributed by atoms with Gasteiger partial charge in [-0.3, -0.25) is 0 Å². The molecular formula is C14H12ClF2NO. The first-order valence-corrected chi connectivity index (χ1v) is 6.02. The molecule has 2 aromatic carbocycles. The Hall–Kier alpha value is -1.65. The van der Waals surface area contributed by atoms with Gasteiger partial charge < -0.3 is 10.8 Å². The third kappa shape index (κ3) is 3.03. The summed E-state index contributed by atoms with van der Waals surface area (Å²) in [6.45, 7) is 0. The van der Waals surface area contributed by atoms with Crippen molar-refractivity contribution in [1.82, 2.24) is 0 Å². The standard InChI is InChI=1S/C14H12ClF2NO/c15-9-2-1-3-12(18)14(9)13(19)7-8-4-5-10(16)11(17)6-8/h1-6,13,19H,7,18H2. The molecule has 2 aromatic rings. The molecule has 0 amide bonds. The highest BCUT2D eigenvalue weighted by molar-refractivity contribution is 6.31. The quantitative estimate of drug-likeness (QED) is 0.847. The third-order valence-corrected chi connectivity index (χ3v) is 3.16. The molecule has 19 heavy (non-hydrogen) atoms. The number of nitrogens with two attached hydrogens (primary N) is 1. The molecule has 0 bridgehead atoms. The van der Waals surface area contributed by atoms with Crippen molar-refractivity contribution in [2.75, 3.05) is 5.73 Å². The minimum atomic E-state index is -0.974. The smallest absolute Gasteiger partial charge is 0.159 e. The summed E-state index contributed by atoms with van der Waals surface area (Å²) in [5.74, 6) is -1.87. The van der Waals surface area contributed by atoms with Gasteiger partial charge in [0.05, 0.1) is 6.10 Å². The largest absolute Gasteiger partial charge is 0.398 e. The molecule has 0 aromatic heterocycles. The van der Waals surface area contributed by atoms with E-state index in [1.807, 2.05) is 0 Å². The highest BCUT2D eigenvalue weighted by Gasteiger charge is 2.16. The second-order valence-corrected chi connectivity index (χ2v) is 4.62. The fourth-order valence-electron chi connectivity index (χ4n) is 1.90. The Bertz CT molecular complexity index is 584. The van der Waals surface area contributed by atoms with Gasteiger partial charge in [-0.2, -0.15) is 0 Å². The van der Waals surface area contributed by atoms with Crippen LogP contribution in [0.3, 0.4) is 0 Å². The maximum Gasteiger partial charge on any atom is 0.159 e. The summed E-state index contributed by atoms with van der Waals surface area (Å²) in [6.07, 6.45) is -0.871. The maximum atomic E-state index is 13.1. The van der Waals surface area contributed by atoms with E-state index in [4.69, 9.17) is 17.3 Å². The molecule has 0 saturated heterocycles. The predicted molar refractivity (Wildman–Crippen MR) is 70.9 cm³/mol. The zero-order valence-electron chi connectivity index (χ0n) is 9.91. The molecule has 0 fully saturated rings. The van der Waals surface area contributed by atoms with Crippen LogP contribution >= 0.6 is 11.6 Å². The summed E-state index contributed by atoms with van der Waals surface area (Å²) in [7, 11) is 0. The van der Waals surface area contributed by atoms with E-state index in [1.54, 1.807) is 18.2 Å². The molecule has 1 atom stereocenters. The predicted octanol–water partition coefficient (Wildman–Crippen LogP) is 3.48. The van der Waals surface area contributed by atoms with E-state index in [9.17, 15) is 13.9 Å². The van der Waals surface area contributed by atoms with Crippen molar-refractivity contribution in [2.24, 2.45) is 0 Å². The van der Waals surface area contributed by atoms with Crippen LogP contribution in [-0.2, 0) is 6.42 Å². The van der Waals surface area contributed by atoms with E-state index in [0.29, 0.717) is 21.8 Å². The van der Waals surface area contributed by atoms with Crippen molar-refractivity contribution in [3.63, 3.8) is 0 Å². The molecule has 1 unspecified atom stereocenters. The second-order valence-electron chi connectivity index (χ2n) is 4.21. The number of halogens is 3. The lowest BCUT2D eigenvalue weighted by atomic mass is 10.00. The highest BCUT2D eigenvalue weighted by Crippen LogP contribution is 2.30. The van der Waals surface area contributed by atoms with E-state index in [0.717, 1.165) is 12.1 Å². The van der Waals surface area contributed by atoms with Gasteiger partial charge in [0.1, 0.15) is 0 Å². The molecule has 0 spiro atoms. The van der Waals surface area contributed by atoms with Gasteiger partial charge in [-0.15, -0.1) is 0 Å². The highest BCUT2D eigenvalue weighted by atomic mass is 35.5. The molecule has 2 nitrogen and oxygen atoms in total. The summed E-state index contributed by atoms with van der Waals surface area (Å²) in [5.41, 5.74) is 6.98. The summed E-state index contributed by atoms with van der Waals surface area (Å²) in [5, 5.41) is 10.5. The summed E-state index contributed by atoms with van der Waals surface area (Å²) in [4.78, 5) is 0. The van der Waals surface area contributed by atoms with Crippen LogP contribution in [0.4, 0.5) is 14.5 Å². The first-order valence-electron chi connectivity index (χ1n) is 5.65. The second kappa shape index (κ2) is 5.55. The fraction of sp³-hybridized carbons (Fsp3) is 0.143. The van der Waals surface area contributed by atoms with Crippen LogP contribution in [0.2, 0.25) is 5.02 Å². The van der Waals surface area contributed by atoms with Crippen molar-refractivity contribution in [1.29, 1.82) is 0 Å². The zero-order chi connectivity index (χ0) is 14.0. The summed E-state index contributed by atoms with van der Waals surface area (Å²) >= 11 is 5.97. The number of aliphatic hydroxyl groups is 1. The Labute approximate surface area is 114 Å². The Balaban J connectivity index is 2.25. The fourth-order valence-corrected chi connectivity index (χ4v) is 2.20. The average molecular weight is 284 g/mol. The summed E-state index contributed by atoms with van der Waals surface area (Å²) < 4.78 is 25.9. The molecule has 0 heterocycles. The van der Waals surface area contributed by atoms with Crippen molar-refractivity contribution in [3.8, 4) is 0 Å². The Morgan fingerprint density at radius 3 is 2.53 bits per heavy atom. The lowest BCUT2D eigenvalue weighted by molar-refractivity contribution is 0.179. The minimum Gasteiger partial charge on any atom is -0.398 e. The molecular weight excluding hydrogens is 272 g/mol. The van der Waals surface area contributed by atoms with Gasteiger partial charge in [-0.25, -0.2) is 8.78 Å². The van der Waals surface area contributed by atoms with E-state index in [1.165, 1.54) is 6.07 Å². The zero-order valence-corrected chi connectivity index (χ0v) is 10.7. The molecule has 2 rings (SSSR count). The topological polar surface area (TPSA) is 46.2 Å². The maximum absolute atomic E-state index is 13.1. The van der Waals surface area contributed by atoms with Crippen LogP contribution in [-0.4, -0.2) is 5.11 Å². The van der Waals surface area contributed by atoms with Crippen LogP contribution < -0.4 is 5.73 Å². The van der Waals surface area contributed by atoms with Crippen LogP contribution in [0.1, 0.15) is 17.2 Å². The molecule has 0 aliphatic heterocycles. The third-order valence-electron chi connectivity index (χ3n) is 2.83. The lowest BCUT2D eigenvalue weighted by Gasteiger charge is -2.15. The van der Waals surface area contributed by atoms with Crippen molar-refractivity contribution in [2.45, 2.75) is 12.5 Å². The normalized spacial score (nSPS) is 12.4. The average Bonchev–Trinajstić information content (AvgIpc) is 2.33. The van der Waals surface area contributed by atoms with Crippen LogP contribution in [0.15, 0.2) is 36.4 Å². The van der Waals surface area contributed by atoms with Crippen LogP contribution in [0.5, 0.6) is 0 Å². The first-order chi connectivity index (χ1) is 8.99. The van der Waals surface area contributed by atoms with E-state index < -0.39 is 17.7 Å². The molecule has 100 valence electrons. The van der Waals surface area contributed by atoms with Gasteiger partial charge in [0.25, 0.3) is 0 Å². The van der Waals surface area contributed by atoms with Gasteiger partial charge in [0.2, 0.25) is 0 Å². The molecule has 0 radical (unpaired) electrons. The first kappa shape index (κ1) is 13.8. The van der Waals surface area contributed by atoms with Crippen molar-refractivity contribution < 1.29 is 13.9 Å². The number of hydrogen-bond donors (Lipinski definition) is 2. The number of benzene rings is 2. The number of hydrogen-bond acceptors (Lipinski definition) is 2. The van der Waals surface area contributed by atoms with Crippen molar-refractivity contribution >= 4 is 17.3 Å². The van der Waals surface area contributed by atoms with Crippen LogP contribution in [0.25, 0.3) is 0 Å². The molecule has 0 saturated carbocycles. The molecule has 0 aliphatic rings. The lowest BCUT2D eigenvalue weighted by Crippen LogP contribution is -2.06. The van der Waals surface area contributed by atoms with E-state index in [-0.39, 0.29) is 6.42 Å². The number of rotatable bonds is 3. The monoisotopic (exact) mass is 283 g/mol. The molecule has 5 heteroatoms. The van der Waals surface area contributed by atoms with E-state index >= 15 is 0 Å². The number of aliphatic hydroxyl groups excluding tert-OH is 1. The van der Waals surface area contributed by atoms with Gasteiger partial charge in [0, 0.05) is 22.7 Å². The Morgan fingerprint density at radius 2 is 1.89 bits per heavy atom. The van der Waals surface area contributed by atoms with Gasteiger partial charge in [-0.05, 0) is 29.8 Å². The molecule has 3 N–H and O–H groups in total. The summed E-state index contributed by atoms with van der Waals surface area (Å²) in [6, 6.07) is 8.39. The SMILES string of the molecule is Nc1cccc(Cl)c1C(O)Cc1ccc(F)c(F)c1. The number of anilines is 1. The Kier molecular flexibility index (Phi) is 4.02. The van der Waals surface area contributed by atoms with Gasteiger partial charge in [-0.1, -0.05) is 23.7 Å². The van der Waals surface area contributed by atoms with Crippen molar-refractivity contribution in [3.05, 3.63) is 64.2 Å². The molecule has 0 aliphatic carbocycles. The van der Waals surface area contributed by atoms with Gasteiger partial charge >= 0.3 is 0 Å². The Morgan fingerprint density at radius 1 is 1.16 bits per heavy atom. The van der Waals surface area contributed by atoms with E-state index in [2.05, 4.69) is 0 Å². The minimum absolute atomic E-state index is 0.102.